The predicted molar refractivity (Wildman–Crippen MR) is 100 cm³/mol. The van der Waals surface area contributed by atoms with Crippen LogP contribution in [0.4, 0.5) is 0 Å². The fraction of sp³-hybridized carbons (Fsp3) is 1.00. The standard InChI is InChI=1S/C17H35NO3S2/c19-23(20,21)22-17-13-8-6-4-2-1-3-5-7-10-14-18-15-11-9-12-16-18/h1-17H2,(H,19,20,21). The molecule has 0 aliphatic carbocycles. The van der Waals surface area contributed by atoms with Crippen LogP contribution in [-0.2, 0) is 9.15 Å². The van der Waals surface area contributed by atoms with E-state index in [9.17, 15) is 8.42 Å². The van der Waals surface area contributed by atoms with Gasteiger partial charge in [0.2, 0.25) is 0 Å². The van der Waals surface area contributed by atoms with Gasteiger partial charge in [-0.15, -0.1) is 0 Å². The van der Waals surface area contributed by atoms with Gasteiger partial charge in [-0.2, -0.15) is 8.42 Å². The van der Waals surface area contributed by atoms with E-state index >= 15 is 0 Å². The fourth-order valence-electron chi connectivity index (χ4n) is 3.20. The lowest BCUT2D eigenvalue weighted by molar-refractivity contribution is 0.224. The highest BCUT2D eigenvalue weighted by molar-refractivity contribution is 8.69. The van der Waals surface area contributed by atoms with Crippen LogP contribution >= 0.6 is 10.8 Å². The highest BCUT2D eigenvalue weighted by atomic mass is 33.1. The number of unbranched alkanes of at least 4 members (excludes halogenated alkanes) is 9. The number of piperidine rings is 1. The van der Waals surface area contributed by atoms with E-state index in [2.05, 4.69) is 4.90 Å². The molecule has 0 aromatic rings. The van der Waals surface area contributed by atoms with Crippen molar-refractivity contribution in [2.24, 2.45) is 0 Å². The summed E-state index contributed by atoms with van der Waals surface area (Å²) in [6, 6.07) is 0. The summed E-state index contributed by atoms with van der Waals surface area (Å²) < 4.78 is 29.6. The molecule has 6 heteroatoms. The normalized spacial score (nSPS) is 16.7. The molecule has 1 heterocycles. The Morgan fingerprint density at radius 2 is 1.22 bits per heavy atom. The average molecular weight is 366 g/mol. The molecule has 0 aromatic carbocycles. The third-order valence-corrected chi connectivity index (χ3v) is 6.70. The minimum atomic E-state index is -3.83. The lowest BCUT2D eigenvalue weighted by atomic mass is 10.1. The maximum Gasteiger partial charge on any atom is 0.319 e. The summed E-state index contributed by atoms with van der Waals surface area (Å²) in [6.07, 6.45) is 16.7. The maximum absolute atomic E-state index is 10.5. The molecule has 1 N–H and O–H groups in total. The molecule has 23 heavy (non-hydrogen) atoms. The molecule has 0 bridgehead atoms. The lowest BCUT2D eigenvalue weighted by Crippen LogP contribution is -2.30. The van der Waals surface area contributed by atoms with Crippen molar-refractivity contribution in [2.75, 3.05) is 25.4 Å². The first kappa shape index (κ1) is 21.3. The van der Waals surface area contributed by atoms with E-state index in [1.807, 2.05) is 0 Å². The van der Waals surface area contributed by atoms with Crippen molar-refractivity contribution in [1.82, 2.24) is 4.90 Å². The topological polar surface area (TPSA) is 57.6 Å². The van der Waals surface area contributed by atoms with Gasteiger partial charge in [-0.25, -0.2) is 0 Å². The van der Waals surface area contributed by atoms with E-state index in [-0.39, 0.29) is 0 Å². The minimum absolute atomic E-state index is 0.510. The Labute approximate surface area is 146 Å². The molecule has 1 rings (SSSR count). The number of hydrogen-bond acceptors (Lipinski definition) is 4. The van der Waals surface area contributed by atoms with Crippen LogP contribution < -0.4 is 0 Å². The van der Waals surface area contributed by atoms with Crippen LogP contribution in [0.25, 0.3) is 0 Å². The first-order valence-electron chi connectivity index (χ1n) is 9.42. The van der Waals surface area contributed by atoms with Crippen LogP contribution in [0, 0.1) is 0 Å². The molecule has 0 amide bonds. The Morgan fingerprint density at radius 3 is 1.74 bits per heavy atom. The fourth-order valence-corrected chi connectivity index (χ4v) is 4.72. The summed E-state index contributed by atoms with van der Waals surface area (Å²) in [4.78, 5) is 2.63. The Morgan fingerprint density at radius 1 is 0.739 bits per heavy atom. The van der Waals surface area contributed by atoms with E-state index in [4.69, 9.17) is 4.55 Å². The Kier molecular flexibility index (Phi) is 12.5. The summed E-state index contributed by atoms with van der Waals surface area (Å²) in [5.41, 5.74) is 0. The second-order valence-corrected chi connectivity index (χ2v) is 10.2. The van der Waals surface area contributed by atoms with Crippen molar-refractivity contribution in [3.8, 4) is 0 Å². The van der Waals surface area contributed by atoms with Gasteiger partial charge < -0.3 is 4.90 Å². The molecule has 1 fully saturated rings. The highest BCUT2D eigenvalue weighted by Gasteiger charge is 2.08. The lowest BCUT2D eigenvalue weighted by Gasteiger charge is -2.26. The van der Waals surface area contributed by atoms with E-state index in [1.165, 1.54) is 90.3 Å². The Hall–Kier alpha value is 0.220. The minimum Gasteiger partial charge on any atom is -0.303 e. The number of likely N-dealkylation sites (tertiary alicyclic amines) is 1. The number of rotatable bonds is 14. The summed E-state index contributed by atoms with van der Waals surface area (Å²) in [7, 11) is -3.18. The van der Waals surface area contributed by atoms with Gasteiger partial charge in [-0.3, -0.25) is 4.55 Å². The molecular weight excluding hydrogens is 330 g/mol. The molecule has 0 saturated carbocycles. The highest BCUT2D eigenvalue weighted by Crippen LogP contribution is 2.15. The van der Waals surface area contributed by atoms with Crippen molar-refractivity contribution >= 4 is 19.9 Å². The maximum atomic E-state index is 10.5. The van der Waals surface area contributed by atoms with Crippen molar-refractivity contribution < 1.29 is 13.0 Å². The van der Waals surface area contributed by atoms with Crippen LogP contribution in [0.5, 0.6) is 0 Å². The third kappa shape index (κ3) is 14.3. The van der Waals surface area contributed by atoms with Crippen LogP contribution in [0.1, 0.15) is 83.5 Å². The second-order valence-electron chi connectivity index (χ2n) is 6.69. The number of nitrogens with zero attached hydrogens (tertiary/aromatic N) is 1. The number of hydrogen-bond donors (Lipinski definition) is 1. The zero-order chi connectivity index (χ0) is 16.8. The van der Waals surface area contributed by atoms with Crippen LogP contribution in [0.15, 0.2) is 0 Å². The zero-order valence-corrected chi connectivity index (χ0v) is 16.2. The summed E-state index contributed by atoms with van der Waals surface area (Å²) >= 11 is 0. The van der Waals surface area contributed by atoms with Crippen molar-refractivity contribution in [3.63, 3.8) is 0 Å². The van der Waals surface area contributed by atoms with Gasteiger partial charge in [0.25, 0.3) is 0 Å². The Bertz CT molecular complexity index is 368. The molecule has 4 nitrogen and oxygen atoms in total. The largest absolute Gasteiger partial charge is 0.319 e. The molecule has 0 atom stereocenters. The predicted octanol–water partition coefficient (Wildman–Crippen LogP) is 4.91. The van der Waals surface area contributed by atoms with E-state index in [1.54, 1.807) is 0 Å². The smallest absolute Gasteiger partial charge is 0.303 e. The summed E-state index contributed by atoms with van der Waals surface area (Å²) in [5, 5.41) is 0. The molecule has 1 saturated heterocycles. The van der Waals surface area contributed by atoms with Crippen LogP contribution in [0.3, 0.4) is 0 Å². The van der Waals surface area contributed by atoms with Crippen LogP contribution in [0.2, 0.25) is 0 Å². The van der Waals surface area contributed by atoms with Gasteiger partial charge in [0.1, 0.15) is 0 Å². The van der Waals surface area contributed by atoms with Crippen molar-refractivity contribution in [1.29, 1.82) is 0 Å². The third-order valence-electron chi connectivity index (χ3n) is 4.55. The molecule has 1 aliphatic rings. The van der Waals surface area contributed by atoms with E-state index in [0.717, 1.165) is 12.8 Å². The first-order valence-corrected chi connectivity index (χ1v) is 12.4. The monoisotopic (exact) mass is 365 g/mol. The molecule has 138 valence electrons. The first-order chi connectivity index (χ1) is 11.1. The van der Waals surface area contributed by atoms with Crippen molar-refractivity contribution in [2.45, 2.75) is 83.5 Å². The van der Waals surface area contributed by atoms with Gasteiger partial charge in [0.15, 0.2) is 0 Å². The molecule has 0 aromatic heterocycles. The quantitative estimate of drug-likeness (QED) is 0.269. The second kappa shape index (κ2) is 13.5. The zero-order valence-electron chi connectivity index (χ0n) is 14.5. The molecule has 0 spiro atoms. The Balaban J connectivity index is 1.73. The van der Waals surface area contributed by atoms with Crippen molar-refractivity contribution in [3.05, 3.63) is 0 Å². The summed E-state index contributed by atoms with van der Waals surface area (Å²) in [6.45, 7) is 3.95. The van der Waals surface area contributed by atoms with E-state index < -0.39 is 9.15 Å². The van der Waals surface area contributed by atoms with Crippen LogP contribution in [-0.4, -0.2) is 43.3 Å². The average Bonchev–Trinajstić information content (AvgIpc) is 2.52. The molecule has 1 aliphatic heterocycles. The SMILES string of the molecule is O=S(=O)(O)SCCCCCCCCCCCCN1CCCCC1. The van der Waals surface area contributed by atoms with Gasteiger partial charge in [-0.05, 0) is 56.1 Å². The van der Waals surface area contributed by atoms with Gasteiger partial charge >= 0.3 is 9.15 Å². The van der Waals surface area contributed by atoms with E-state index in [0.29, 0.717) is 16.5 Å². The molecular formula is C17H35NO3S2. The van der Waals surface area contributed by atoms with Gasteiger partial charge in [0.05, 0.1) is 0 Å². The summed E-state index contributed by atoms with van der Waals surface area (Å²) in [5.74, 6) is 0.510. The molecule has 0 radical (unpaired) electrons. The van der Waals surface area contributed by atoms with Gasteiger partial charge in [-0.1, -0.05) is 57.8 Å². The van der Waals surface area contributed by atoms with Gasteiger partial charge in [0, 0.05) is 5.75 Å². The molecule has 0 unspecified atom stereocenters.